The van der Waals surface area contributed by atoms with Crippen molar-refractivity contribution in [3.63, 3.8) is 0 Å². The third kappa shape index (κ3) is 3.90. The number of carbonyl (C=O) groups excluding carboxylic acids is 2. The number of hydrogen-bond donors (Lipinski definition) is 2. The van der Waals surface area contributed by atoms with Crippen molar-refractivity contribution in [3.05, 3.63) is 5.01 Å². The fourth-order valence-electron chi connectivity index (χ4n) is 2.07. The summed E-state index contributed by atoms with van der Waals surface area (Å²) < 4.78 is 0. The number of aromatic nitrogens is 2. The summed E-state index contributed by atoms with van der Waals surface area (Å²) in [4.78, 5) is 25.2. The first-order valence-electron chi connectivity index (χ1n) is 6.99. The normalized spacial score (nSPS) is 19.0. The van der Waals surface area contributed by atoms with Crippen LogP contribution >= 0.6 is 11.3 Å². The summed E-state index contributed by atoms with van der Waals surface area (Å²) in [5, 5.41) is 14.8. The Kier molecular flexibility index (Phi) is 4.46. The molecule has 1 aliphatic heterocycles. The number of anilines is 1. The first-order chi connectivity index (χ1) is 9.79. The smallest absolute Gasteiger partial charge is 0.321 e. The van der Waals surface area contributed by atoms with E-state index in [-0.39, 0.29) is 23.4 Å². The average Bonchev–Trinajstić information content (AvgIpc) is 2.95. The van der Waals surface area contributed by atoms with Crippen LogP contribution in [0.3, 0.4) is 0 Å². The standard InChI is InChI=1S/C13H21N5O2S/c1-5-18-7-8(6-9(18)19)14-11(20)15-12-17-16-10(21-12)13(2,3)4/h8H,5-7H2,1-4H3,(H2,14,15,17,20). The second-order valence-electron chi connectivity index (χ2n) is 6.09. The van der Waals surface area contributed by atoms with Crippen LogP contribution in [0.25, 0.3) is 0 Å². The van der Waals surface area contributed by atoms with E-state index >= 15 is 0 Å². The Morgan fingerprint density at radius 1 is 1.43 bits per heavy atom. The van der Waals surface area contributed by atoms with E-state index in [1.807, 2.05) is 27.7 Å². The van der Waals surface area contributed by atoms with Gasteiger partial charge < -0.3 is 10.2 Å². The van der Waals surface area contributed by atoms with Gasteiger partial charge >= 0.3 is 6.03 Å². The molecule has 2 N–H and O–H groups in total. The van der Waals surface area contributed by atoms with Gasteiger partial charge in [-0.1, -0.05) is 32.1 Å². The lowest BCUT2D eigenvalue weighted by Gasteiger charge is -2.14. The van der Waals surface area contributed by atoms with Gasteiger partial charge in [-0.3, -0.25) is 10.1 Å². The molecule has 1 atom stereocenters. The first kappa shape index (κ1) is 15.7. The van der Waals surface area contributed by atoms with Crippen LogP contribution in [0.2, 0.25) is 0 Å². The molecule has 0 bridgehead atoms. The molecule has 0 spiro atoms. The highest BCUT2D eigenvalue weighted by Gasteiger charge is 2.29. The minimum absolute atomic E-state index is 0.0775. The van der Waals surface area contributed by atoms with Crippen molar-refractivity contribution in [2.24, 2.45) is 0 Å². The van der Waals surface area contributed by atoms with Crippen LogP contribution in [-0.4, -0.2) is 46.2 Å². The first-order valence-corrected chi connectivity index (χ1v) is 7.80. The largest absolute Gasteiger partial charge is 0.341 e. The number of urea groups is 1. The summed E-state index contributed by atoms with van der Waals surface area (Å²) in [6.07, 6.45) is 0.352. The molecule has 1 aromatic heterocycles. The third-order valence-electron chi connectivity index (χ3n) is 3.22. The maximum absolute atomic E-state index is 11.9. The van der Waals surface area contributed by atoms with Crippen molar-refractivity contribution in [1.29, 1.82) is 0 Å². The zero-order chi connectivity index (χ0) is 15.6. The molecule has 0 aliphatic carbocycles. The third-order valence-corrected chi connectivity index (χ3v) is 4.48. The molecular weight excluding hydrogens is 290 g/mol. The van der Waals surface area contributed by atoms with Crippen molar-refractivity contribution in [1.82, 2.24) is 20.4 Å². The highest BCUT2D eigenvalue weighted by molar-refractivity contribution is 7.15. The lowest BCUT2D eigenvalue weighted by atomic mass is 9.98. The second kappa shape index (κ2) is 5.97. The van der Waals surface area contributed by atoms with Crippen LogP contribution in [-0.2, 0) is 10.2 Å². The Hall–Kier alpha value is -1.70. The SMILES string of the molecule is CCN1CC(NC(=O)Nc2nnc(C(C)(C)C)s2)CC1=O. The molecule has 3 amide bonds. The monoisotopic (exact) mass is 311 g/mol. The number of nitrogens with zero attached hydrogens (tertiary/aromatic N) is 3. The Balaban J connectivity index is 1.88. The van der Waals surface area contributed by atoms with E-state index in [4.69, 9.17) is 0 Å². The molecule has 7 nitrogen and oxygen atoms in total. The van der Waals surface area contributed by atoms with Crippen LogP contribution in [0, 0.1) is 0 Å². The number of nitrogens with one attached hydrogen (secondary N) is 2. The maximum Gasteiger partial charge on any atom is 0.321 e. The minimum Gasteiger partial charge on any atom is -0.341 e. The Morgan fingerprint density at radius 3 is 2.67 bits per heavy atom. The summed E-state index contributed by atoms with van der Waals surface area (Å²) in [5.74, 6) is 0.0775. The van der Waals surface area contributed by atoms with Crippen molar-refractivity contribution < 1.29 is 9.59 Å². The van der Waals surface area contributed by atoms with Crippen LogP contribution in [0.4, 0.5) is 9.93 Å². The molecule has 1 aliphatic rings. The van der Waals surface area contributed by atoms with E-state index in [2.05, 4.69) is 20.8 Å². The number of hydrogen-bond acceptors (Lipinski definition) is 5. The predicted octanol–water partition coefficient (Wildman–Crippen LogP) is 1.58. The van der Waals surface area contributed by atoms with Crippen molar-refractivity contribution >= 4 is 28.4 Å². The fourth-order valence-corrected chi connectivity index (χ4v) is 2.87. The zero-order valence-electron chi connectivity index (χ0n) is 12.8. The number of likely N-dealkylation sites (N-methyl/N-ethyl adjacent to an activating group) is 1. The van der Waals surface area contributed by atoms with Crippen molar-refractivity contribution in [3.8, 4) is 0 Å². The Labute approximate surface area is 128 Å². The lowest BCUT2D eigenvalue weighted by molar-refractivity contribution is -0.127. The quantitative estimate of drug-likeness (QED) is 0.887. The van der Waals surface area contributed by atoms with Gasteiger partial charge in [0.15, 0.2) is 0 Å². The van der Waals surface area contributed by atoms with Crippen molar-refractivity contribution in [2.75, 3.05) is 18.4 Å². The lowest BCUT2D eigenvalue weighted by Crippen LogP contribution is -2.39. The summed E-state index contributed by atoms with van der Waals surface area (Å²) in [7, 11) is 0. The van der Waals surface area contributed by atoms with Gasteiger partial charge in [0.05, 0.1) is 6.04 Å². The molecule has 116 valence electrons. The molecule has 2 heterocycles. The van der Waals surface area contributed by atoms with E-state index in [9.17, 15) is 9.59 Å². The second-order valence-corrected chi connectivity index (χ2v) is 7.07. The van der Waals surface area contributed by atoms with Gasteiger partial charge in [0, 0.05) is 24.9 Å². The molecule has 0 saturated carbocycles. The van der Waals surface area contributed by atoms with Gasteiger partial charge in [-0.2, -0.15) is 0 Å². The predicted molar refractivity (Wildman–Crippen MR) is 81.4 cm³/mol. The number of likely N-dealkylation sites (tertiary alicyclic amines) is 1. The maximum atomic E-state index is 11.9. The molecule has 1 aromatic rings. The average molecular weight is 311 g/mol. The highest BCUT2D eigenvalue weighted by atomic mass is 32.1. The van der Waals surface area contributed by atoms with E-state index < -0.39 is 0 Å². The molecule has 0 aromatic carbocycles. The van der Waals surface area contributed by atoms with Crippen molar-refractivity contribution in [2.45, 2.75) is 45.6 Å². The zero-order valence-corrected chi connectivity index (χ0v) is 13.6. The van der Waals surface area contributed by atoms with E-state index in [0.717, 1.165) is 5.01 Å². The Morgan fingerprint density at radius 2 is 2.14 bits per heavy atom. The van der Waals surface area contributed by atoms with E-state index in [1.54, 1.807) is 4.90 Å². The van der Waals surface area contributed by atoms with Gasteiger partial charge in [0.1, 0.15) is 5.01 Å². The van der Waals surface area contributed by atoms with Gasteiger partial charge in [0.2, 0.25) is 11.0 Å². The van der Waals surface area contributed by atoms with Crippen LogP contribution < -0.4 is 10.6 Å². The number of carbonyl (C=O) groups is 2. The summed E-state index contributed by atoms with van der Waals surface area (Å²) >= 11 is 1.36. The number of rotatable bonds is 3. The summed E-state index contributed by atoms with van der Waals surface area (Å²) in [5.41, 5.74) is -0.0897. The van der Waals surface area contributed by atoms with Crippen LogP contribution in [0.15, 0.2) is 0 Å². The molecule has 1 unspecified atom stereocenters. The molecular formula is C13H21N5O2S. The molecule has 2 rings (SSSR count). The molecule has 21 heavy (non-hydrogen) atoms. The van der Waals surface area contributed by atoms with Gasteiger partial charge in [-0.05, 0) is 6.92 Å². The van der Waals surface area contributed by atoms with Gasteiger partial charge in [-0.25, -0.2) is 4.79 Å². The van der Waals surface area contributed by atoms with Crippen LogP contribution in [0.5, 0.6) is 0 Å². The van der Waals surface area contributed by atoms with Gasteiger partial charge in [0.25, 0.3) is 0 Å². The van der Waals surface area contributed by atoms with Crippen LogP contribution in [0.1, 0.15) is 39.1 Å². The summed E-state index contributed by atoms with van der Waals surface area (Å²) in [6.45, 7) is 9.29. The summed E-state index contributed by atoms with van der Waals surface area (Å²) in [6, 6.07) is -0.491. The Bertz CT molecular complexity index is 537. The fraction of sp³-hybridized carbons (Fsp3) is 0.692. The van der Waals surface area contributed by atoms with E-state index in [0.29, 0.717) is 24.6 Å². The highest BCUT2D eigenvalue weighted by Crippen LogP contribution is 2.27. The molecule has 1 saturated heterocycles. The van der Waals surface area contributed by atoms with Gasteiger partial charge in [-0.15, -0.1) is 10.2 Å². The molecule has 0 radical (unpaired) electrons. The van der Waals surface area contributed by atoms with E-state index in [1.165, 1.54) is 11.3 Å². The molecule has 1 fully saturated rings. The topological polar surface area (TPSA) is 87.2 Å². The molecule has 8 heteroatoms. The minimum atomic E-state index is -0.345. The number of amides is 3.